The summed E-state index contributed by atoms with van der Waals surface area (Å²) in [6.45, 7) is 3.12. The molecule has 1 atom stereocenters. The summed E-state index contributed by atoms with van der Waals surface area (Å²) in [6, 6.07) is 4.11. The maximum absolute atomic E-state index is 12.6. The van der Waals surface area contributed by atoms with Gasteiger partial charge in [0.25, 0.3) is 0 Å². The summed E-state index contributed by atoms with van der Waals surface area (Å²) in [6.07, 6.45) is 9.38. The molecule has 2 aromatic heterocycles. The lowest BCUT2D eigenvalue weighted by Crippen LogP contribution is -2.40. The average molecular weight is 344 g/mol. The number of hydrogen-bond donors (Lipinski definition) is 0. The van der Waals surface area contributed by atoms with Gasteiger partial charge < -0.3 is 18.8 Å². The number of carbonyl (C=O) groups is 1. The van der Waals surface area contributed by atoms with Crippen molar-refractivity contribution in [1.29, 1.82) is 0 Å². The zero-order chi connectivity index (χ0) is 17.6. The van der Waals surface area contributed by atoms with Crippen LogP contribution in [0.4, 0.5) is 0 Å². The Bertz CT molecular complexity index is 691. The lowest BCUT2D eigenvalue weighted by atomic mass is 9.96. The van der Waals surface area contributed by atoms with Gasteiger partial charge in [-0.1, -0.05) is 0 Å². The largest absolute Gasteiger partial charge is 0.383 e. The molecule has 0 saturated carbocycles. The van der Waals surface area contributed by atoms with Gasteiger partial charge in [-0.3, -0.25) is 4.79 Å². The van der Waals surface area contributed by atoms with Crippen LogP contribution in [0, 0.1) is 0 Å². The maximum atomic E-state index is 12.6. The minimum absolute atomic E-state index is 0.251. The first kappa shape index (κ1) is 17.7. The fourth-order valence-corrected chi connectivity index (χ4v) is 3.62. The van der Waals surface area contributed by atoms with E-state index in [4.69, 9.17) is 4.74 Å². The molecule has 0 aliphatic carbocycles. The SMILES string of the molecule is COCCn1ccnc1[C@@H]1CCCN(C(=O)CCc2cccn2C)C1. The Labute approximate surface area is 149 Å². The Kier molecular flexibility index (Phi) is 5.91. The summed E-state index contributed by atoms with van der Waals surface area (Å²) in [4.78, 5) is 19.2. The normalized spacial score (nSPS) is 17.8. The number of imidazole rings is 1. The number of ether oxygens (including phenoxy) is 1. The van der Waals surface area contributed by atoms with Gasteiger partial charge in [0.2, 0.25) is 5.91 Å². The third-order valence-electron chi connectivity index (χ3n) is 5.07. The van der Waals surface area contributed by atoms with Crippen molar-refractivity contribution in [3.8, 4) is 0 Å². The molecule has 1 aliphatic rings. The van der Waals surface area contributed by atoms with Crippen LogP contribution in [0.5, 0.6) is 0 Å². The molecule has 1 amide bonds. The van der Waals surface area contributed by atoms with Crippen molar-refractivity contribution in [3.63, 3.8) is 0 Å². The molecule has 3 heterocycles. The molecule has 6 heteroatoms. The van der Waals surface area contributed by atoms with Gasteiger partial charge in [0.05, 0.1) is 6.61 Å². The van der Waals surface area contributed by atoms with E-state index in [1.54, 1.807) is 7.11 Å². The fraction of sp³-hybridized carbons (Fsp3) is 0.579. The molecule has 0 radical (unpaired) electrons. The zero-order valence-corrected chi connectivity index (χ0v) is 15.2. The van der Waals surface area contributed by atoms with E-state index >= 15 is 0 Å². The second kappa shape index (κ2) is 8.34. The Hall–Kier alpha value is -2.08. The third-order valence-corrected chi connectivity index (χ3v) is 5.07. The van der Waals surface area contributed by atoms with Crippen LogP contribution in [-0.2, 0) is 29.5 Å². The lowest BCUT2D eigenvalue weighted by molar-refractivity contribution is -0.132. The number of methoxy groups -OCH3 is 1. The molecule has 1 fully saturated rings. The van der Waals surface area contributed by atoms with Crippen LogP contribution in [0.2, 0.25) is 0 Å². The highest BCUT2D eigenvalue weighted by Crippen LogP contribution is 2.26. The minimum atomic E-state index is 0.251. The molecule has 25 heavy (non-hydrogen) atoms. The van der Waals surface area contributed by atoms with Gasteiger partial charge in [0, 0.05) is 70.4 Å². The molecule has 0 N–H and O–H groups in total. The van der Waals surface area contributed by atoms with Crippen LogP contribution in [0.3, 0.4) is 0 Å². The van der Waals surface area contributed by atoms with Crippen molar-refractivity contribution in [1.82, 2.24) is 19.0 Å². The first-order chi connectivity index (χ1) is 12.2. The number of hydrogen-bond acceptors (Lipinski definition) is 3. The zero-order valence-electron chi connectivity index (χ0n) is 15.2. The molecule has 0 aromatic carbocycles. The molecule has 1 aliphatic heterocycles. The molecular weight excluding hydrogens is 316 g/mol. The lowest BCUT2D eigenvalue weighted by Gasteiger charge is -2.33. The van der Waals surface area contributed by atoms with Gasteiger partial charge in [-0.15, -0.1) is 0 Å². The Balaban J connectivity index is 1.58. The van der Waals surface area contributed by atoms with Crippen LogP contribution >= 0.6 is 0 Å². The maximum Gasteiger partial charge on any atom is 0.222 e. The topological polar surface area (TPSA) is 52.3 Å². The van der Waals surface area contributed by atoms with Gasteiger partial charge in [-0.05, 0) is 31.4 Å². The number of piperidine rings is 1. The number of likely N-dealkylation sites (tertiary alicyclic amines) is 1. The van der Waals surface area contributed by atoms with Crippen LogP contribution in [0.25, 0.3) is 0 Å². The van der Waals surface area contributed by atoms with Gasteiger partial charge in [0.1, 0.15) is 5.82 Å². The van der Waals surface area contributed by atoms with E-state index in [9.17, 15) is 4.79 Å². The first-order valence-corrected chi connectivity index (χ1v) is 9.07. The quantitative estimate of drug-likeness (QED) is 0.774. The molecule has 0 unspecified atom stereocenters. The molecular formula is C19H28N4O2. The standard InChI is InChI=1S/C19H28N4O2/c1-21-10-4-6-17(21)7-8-18(24)23-11-3-5-16(15-23)19-20-9-12-22(19)13-14-25-2/h4,6,9-10,12,16H,3,5,7-8,11,13-15H2,1-2H3/t16-/m1/s1. The summed E-state index contributed by atoms with van der Waals surface area (Å²) < 4.78 is 9.42. The fourth-order valence-electron chi connectivity index (χ4n) is 3.62. The Morgan fingerprint density at radius 2 is 2.28 bits per heavy atom. The molecule has 0 bridgehead atoms. The van der Waals surface area contributed by atoms with Crippen LogP contribution < -0.4 is 0 Å². The number of amides is 1. The number of aryl methyl sites for hydroxylation is 2. The summed E-state index contributed by atoms with van der Waals surface area (Å²) in [5, 5.41) is 0. The molecule has 2 aromatic rings. The predicted molar refractivity (Wildman–Crippen MR) is 96.4 cm³/mol. The van der Waals surface area contributed by atoms with E-state index in [0.717, 1.165) is 44.7 Å². The highest BCUT2D eigenvalue weighted by Gasteiger charge is 2.27. The van der Waals surface area contributed by atoms with E-state index < -0.39 is 0 Å². The average Bonchev–Trinajstić information content (AvgIpc) is 3.26. The van der Waals surface area contributed by atoms with E-state index in [1.165, 1.54) is 5.69 Å². The number of rotatable bonds is 7. The third kappa shape index (κ3) is 4.31. The highest BCUT2D eigenvalue weighted by molar-refractivity contribution is 5.76. The second-order valence-corrected chi connectivity index (χ2v) is 6.76. The van der Waals surface area contributed by atoms with Crippen LogP contribution in [0.1, 0.15) is 36.7 Å². The van der Waals surface area contributed by atoms with Crippen molar-refractivity contribution in [2.75, 3.05) is 26.8 Å². The summed E-state index contributed by atoms with van der Waals surface area (Å²) in [5.74, 6) is 1.65. The molecule has 6 nitrogen and oxygen atoms in total. The van der Waals surface area contributed by atoms with Gasteiger partial charge in [0.15, 0.2) is 0 Å². The highest BCUT2D eigenvalue weighted by atomic mass is 16.5. The van der Waals surface area contributed by atoms with Crippen molar-refractivity contribution >= 4 is 5.91 Å². The van der Waals surface area contributed by atoms with E-state index in [0.29, 0.717) is 18.9 Å². The molecule has 3 rings (SSSR count). The number of carbonyl (C=O) groups excluding carboxylic acids is 1. The summed E-state index contributed by atoms with van der Waals surface area (Å²) in [5.41, 5.74) is 1.21. The van der Waals surface area contributed by atoms with Gasteiger partial charge in [-0.2, -0.15) is 0 Å². The first-order valence-electron chi connectivity index (χ1n) is 9.07. The van der Waals surface area contributed by atoms with Crippen LogP contribution in [0.15, 0.2) is 30.7 Å². The summed E-state index contributed by atoms with van der Waals surface area (Å²) >= 11 is 0. The smallest absolute Gasteiger partial charge is 0.222 e. The minimum Gasteiger partial charge on any atom is -0.383 e. The van der Waals surface area contributed by atoms with Crippen molar-refractivity contribution < 1.29 is 9.53 Å². The number of aromatic nitrogens is 3. The molecule has 0 spiro atoms. The predicted octanol–water partition coefficient (Wildman–Crippen LogP) is 2.21. The molecule has 136 valence electrons. The van der Waals surface area contributed by atoms with E-state index in [-0.39, 0.29) is 5.91 Å². The van der Waals surface area contributed by atoms with Gasteiger partial charge >= 0.3 is 0 Å². The Morgan fingerprint density at radius 1 is 1.40 bits per heavy atom. The van der Waals surface area contributed by atoms with Crippen molar-refractivity contribution in [2.24, 2.45) is 7.05 Å². The monoisotopic (exact) mass is 344 g/mol. The number of nitrogens with zero attached hydrogens (tertiary/aromatic N) is 4. The molecule has 1 saturated heterocycles. The van der Waals surface area contributed by atoms with E-state index in [1.807, 2.05) is 36.6 Å². The van der Waals surface area contributed by atoms with Crippen molar-refractivity contribution in [2.45, 2.75) is 38.1 Å². The van der Waals surface area contributed by atoms with E-state index in [2.05, 4.69) is 20.2 Å². The second-order valence-electron chi connectivity index (χ2n) is 6.76. The van der Waals surface area contributed by atoms with Crippen LogP contribution in [-0.4, -0.2) is 51.7 Å². The van der Waals surface area contributed by atoms with Gasteiger partial charge in [-0.25, -0.2) is 4.98 Å². The summed E-state index contributed by atoms with van der Waals surface area (Å²) in [7, 11) is 3.74. The Morgan fingerprint density at radius 3 is 3.04 bits per heavy atom. The van der Waals surface area contributed by atoms with Crippen molar-refractivity contribution in [3.05, 3.63) is 42.2 Å².